The van der Waals surface area contributed by atoms with Gasteiger partial charge in [-0.2, -0.15) is 4.98 Å². The van der Waals surface area contributed by atoms with Gasteiger partial charge >= 0.3 is 0 Å². The summed E-state index contributed by atoms with van der Waals surface area (Å²) in [7, 11) is 0. The lowest BCUT2D eigenvalue weighted by Crippen LogP contribution is -1.86. The Labute approximate surface area is 157 Å². The Hall–Kier alpha value is -1.45. The Morgan fingerprint density at radius 1 is 1.20 bits per heavy atom. The number of rotatable bonds is 8. The van der Waals surface area contributed by atoms with Gasteiger partial charge in [0.25, 0.3) is 0 Å². The maximum Gasteiger partial charge on any atom is 0.237 e. The van der Waals surface area contributed by atoms with Crippen molar-refractivity contribution in [3.63, 3.8) is 0 Å². The molecule has 9 heteroatoms. The van der Waals surface area contributed by atoms with E-state index in [0.29, 0.717) is 28.6 Å². The van der Waals surface area contributed by atoms with Crippen molar-refractivity contribution in [2.75, 3.05) is 5.75 Å². The van der Waals surface area contributed by atoms with Gasteiger partial charge in [0, 0.05) is 11.3 Å². The highest BCUT2D eigenvalue weighted by Gasteiger charge is 2.12. The predicted octanol–water partition coefficient (Wildman–Crippen LogP) is 5.22. The van der Waals surface area contributed by atoms with Gasteiger partial charge in [-0.15, -0.1) is 10.2 Å². The molecule has 0 aliphatic heterocycles. The third-order valence-corrected chi connectivity index (χ3v) is 6.59. The number of benzene rings is 1. The first kappa shape index (κ1) is 18.3. The normalized spacial score (nSPS) is 11.2. The second-order valence-electron chi connectivity index (χ2n) is 5.30. The van der Waals surface area contributed by atoms with E-state index < -0.39 is 0 Å². The molecule has 3 rings (SSSR count). The van der Waals surface area contributed by atoms with Gasteiger partial charge in [0.1, 0.15) is 5.82 Å². The molecule has 0 radical (unpaired) electrons. The third-order valence-electron chi connectivity index (χ3n) is 3.33. The topological polar surface area (TPSA) is 64.7 Å². The summed E-state index contributed by atoms with van der Waals surface area (Å²) < 4.78 is 20.8. The molecular weight excluding hydrogens is 379 g/mol. The molecule has 3 aromatic rings. The number of halogens is 1. The van der Waals surface area contributed by atoms with Crippen LogP contribution in [0.1, 0.15) is 31.2 Å². The summed E-state index contributed by atoms with van der Waals surface area (Å²) in [5, 5.41) is 12.3. The van der Waals surface area contributed by atoms with Crippen LogP contribution in [0.25, 0.3) is 11.4 Å². The van der Waals surface area contributed by atoms with E-state index in [1.807, 2.05) is 0 Å². The van der Waals surface area contributed by atoms with Crippen LogP contribution >= 0.6 is 34.9 Å². The van der Waals surface area contributed by atoms with Crippen LogP contribution in [0.2, 0.25) is 0 Å². The van der Waals surface area contributed by atoms with Gasteiger partial charge in [-0.05, 0) is 25.0 Å². The molecule has 0 amide bonds. The van der Waals surface area contributed by atoms with E-state index in [-0.39, 0.29) is 5.82 Å². The average Bonchev–Trinajstić information content (AvgIpc) is 3.25. The predicted molar refractivity (Wildman–Crippen MR) is 99.5 cm³/mol. The van der Waals surface area contributed by atoms with Gasteiger partial charge in [-0.1, -0.05) is 65.5 Å². The smallest absolute Gasteiger partial charge is 0.237 e. The molecule has 0 N–H and O–H groups in total. The van der Waals surface area contributed by atoms with Crippen LogP contribution < -0.4 is 0 Å². The van der Waals surface area contributed by atoms with Crippen molar-refractivity contribution in [3.05, 3.63) is 35.5 Å². The number of aryl methyl sites for hydroxylation is 1. The molecule has 5 nitrogen and oxygen atoms in total. The summed E-state index contributed by atoms with van der Waals surface area (Å²) in [6.45, 7) is 3.89. The van der Waals surface area contributed by atoms with E-state index in [1.165, 1.54) is 30.7 Å². The molecule has 0 saturated carbocycles. The van der Waals surface area contributed by atoms with Crippen molar-refractivity contribution in [3.8, 4) is 11.4 Å². The maximum absolute atomic E-state index is 13.6. The quantitative estimate of drug-likeness (QED) is 0.382. The molecule has 1 aromatic carbocycles. The maximum atomic E-state index is 13.6. The first-order chi connectivity index (χ1) is 12.2. The number of aromatic nitrogens is 4. The minimum absolute atomic E-state index is 0.278. The summed E-state index contributed by atoms with van der Waals surface area (Å²) >= 11 is 4.82. The van der Waals surface area contributed by atoms with E-state index in [1.54, 1.807) is 42.2 Å². The zero-order valence-electron chi connectivity index (χ0n) is 13.9. The van der Waals surface area contributed by atoms with Crippen molar-refractivity contribution >= 4 is 34.9 Å². The zero-order valence-corrected chi connectivity index (χ0v) is 16.3. The molecular formula is C16H17FN4OS3. The zero-order chi connectivity index (χ0) is 17.6. The van der Waals surface area contributed by atoms with Crippen molar-refractivity contribution in [1.82, 2.24) is 20.3 Å². The van der Waals surface area contributed by atoms with Crippen LogP contribution in [0, 0.1) is 12.7 Å². The summed E-state index contributed by atoms with van der Waals surface area (Å²) in [5.41, 5.74) is 1.19. The molecule has 0 bridgehead atoms. The molecule has 25 heavy (non-hydrogen) atoms. The van der Waals surface area contributed by atoms with Crippen LogP contribution in [0.3, 0.4) is 0 Å². The van der Waals surface area contributed by atoms with E-state index in [2.05, 4.69) is 27.3 Å². The highest BCUT2D eigenvalue weighted by atomic mass is 32.2. The Morgan fingerprint density at radius 2 is 2.00 bits per heavy atom. The van der Waals surface area contributed by atoms with Crippen molar-refractivity contribution < 1.29 is 8.91 Å². The molecule has 0 unspecified atom stereocenters. The first-order valence-electron chi connectivity index (χ1n) is 7.84. The standard InChI is InChI=1S/C16H17FN4OS3/c1-3-4-7-23-15-19-20-16(25-15)24-9-13-18-14(21-22-13)11-6-5-10(2)12(17)8-11/h5-6,8H,3-4,7,9H2,1-2H3. The Bertz CT molecular complexity index is 836. The van der Waals surface area contributed by atoms with Gasteiger partial charge in [-0.3, -0.25) is 0 Å². The molecule has 0 aliphatic rings. The summed E-state index contributed by atoms with van der Waals surface area (Å²) in [6.07, 6.45) is 2.36. The largest absolute Gasteiger partial charge is 0.338 e. The SMILES string of the molecule is CCCCSc1nnc(SCc2nc(-c3ccc(C)c(F)c3)no2)s1. The second kappa shape index (κ2) is 8.77. The highest BCUT2D eigenvalue weighted by Crippen LogP contribution is 2.31. The van der Waals surface area contributed by atoms with E-state index in [0.717, 1.165) is 14.4 Å². The lowest BCUT2D eigenvalue weighted by atomic mass is 10.1. The van der Waals surface area contributed by atoms with Crippen molar-refractivity contribution in [2.45, 2.75) is 41.1 Å². The third kappa shape index (κ3) is 5.02. The molecule has 0 aliphatic carbocycles. The summed E-state index contributed by atoms with van der Waals surface area (Å²) in [5.74, 6) is 2.17. The van der Waals surface area contributed by atoms with Crippen LogP contribution in [0.15, 0.2) is 31.4 Å². The fourth-order valence-corrected chi connectivity index (χ4v) is 4.92. The molecule has 132 valence electrons. The molecule has 2 aromatic heterocycles. The van der Waals surface area contributed by atoms with E-state index >= 15 is 0 Å². The molecule has 2 heterocycles. The van der Waals surface area contributed by atoms with Gasteiger partial charge in [0.2, 0.25) is 11.7 Å². The number of nitrogens with zero attached hydrogens (tertiary/aromatic N) is 4. The lowest BCUT2D eigenvalue weighted by Gasteiger charge is -1.97. The molecule has 0 spiro atoms. The van der Waals surface area contributed by atoms with Crippen LogP contribution in [0.4, 0.5) is 4.39 Å². The fourth-order valence-electron chi connectivity index (χ4n) is 1.90. The number of hydrogen-bond donors (Lipinski definition) is 0. The molecule has 0 saturated heterocycles. The minimum atomic E-state index is -0.278. The lowest BCUT2D eigenvalue weighted by molar-refractivity contribution is 0.391. The van der Waals surface area contributed by atoms with Gasteiger partial charge in [-0.25, -0.2) is 4.39 Å². The summed E-state index contributed by atoms with van der Waals surface area (Å²) in [6, 6.07) is 4.90. The average molecular weight is 397 g/mol. The fraction of sp³-hybridized carbons (Fsp3) is 0.375. The monoisotopic (exact) mass is 396 g/mol. The first-order valence-corrected chi connectivity index (χ1v) is 10.6. The van der Waals surface area contributed by atoms with Gasteiger partial charge in [0.05, 0.1) is 5.75 Å². The van der Waals surface area contributed by atoms with Crippen LogP contribution in [-0.4, -0.2) is 26.1 Å². The van der Waals surface area contributed by atoms with Crippen molar-refractivity contribution in [1.29, 1.82) is 0 Å². The second-order valence-corrected chi connectivity index (χ2v) is 8.84. The van der Waals surface area contributed by atoms with Crippen molar-refractivity contribution in [2.24, 2.45) is 0 Å². The number of thioether (sulfide) groups is 2. The number of hydrogen-bond acceptors (Lipinski definition) is 8. The van der Waals surface area contributed by atoms with E-state index in [4.69, 9.17) is 4.52 Å². The Kier molecular flexibility index (Phi) is 6.44. The Morgan fingerprint density at radius 3 is 2.76 bits per heavy atom. The highest BCUT2D eigenvalue weighted by molar-refractivity contribution is 8.02. The molecule has 0 atom stereocenters. The van der Waals surface area contributed by atoms with Gasteiger partial charge in [0.15, 0.2) is 8.68 Å². The Balaban J connectivity index is 1.57. The number of unbranched alkanes of at least 4 members (excludes halogenated alkanes) is 1. The van der Waals surface area contributed by atoms with Crippen LogP contribution in [0.5, 0.6) is 0 Å². The van der Waals surface area contributed by atoms with Crippen LogP contribution in [-0.2, 0) is 5.75 Å². The minimum Gasteiger partial charge on any atom is -0.338 e. The molecule has 0 fully saturated rings. The van der Waals surface area contributed by atoms with Gasteiger partial charge < -0.3 is 4.52 Å². The van der Waals surface area contributed by atoms with E-state index in [9.17, 15) is 4.39 Å². The summed E-state index contributed by atoms with van der Waals surface area (Å²) in [4.78, 5) is 4.32.